The first kappa shape index (κ1) is 13.5. The fourth-order valence-corrected chi connectivity index (χ4v) is 2.00. The van der Waals surface area contributed by atoms with Crippen LogP contribution in [0.5, 0.6) is 11.5 Å². The van der Waals surface area contributed by atoms with E-state index in [1.807, 2.05) is 12.1 Å². The van der Waals surface area contributed by atoms with Gasteiger partial charge in [0.1, 0.15) is 6.61 Å². The van der Waals surface area contributed by atoms with E-state index in [2.05, 4.69) is 5.32 Å². The summed E-state index contributed by atoms with van der Waals surface area (Å²) in [5.74, 6) is 1.09. The standard InChI is InChI=1S/C13H18ClNO3/c1-17-12-7-9(8-15-10-2-3-10)6-11(14)13(12)18-5-4-16/h6-7,10,15-16H,2-5,8H2,1H3. The Labute approximate surface area is 112 Å². The molecule has 0 saturated heterocycles. The Hall–Kier alpha value is -0.970. The molecule has 4 nitrogen and oxygen atoms in total. The van der Waals surface area contributed by atoms with Gasteiger partial charge >= 0.3 is 0 Å². The van der Waals surface area contributed by atoms with Crippen molar-refractivity contribution in [2.24, 2.45) is 0 Å². The molecule has 1 saturated carbocycles. The van der Waals surface area contributed by atoms with Crippen LogP contribution in [0.4, 0.5) is 0 Å². The number of halogens is 1. The zero-order chi connectivity index (χ0) is 13.0. The summed E-state index contributed by atoms with van der Waals surface area (Å²) in [6.45, 7) is 0.932. The van der Waals surface area contributed by atoms with E-state index < -0.39 is 0 Å². The van der Waals surface area contributed by atoms with Gasteiger partial charge in [0.2, 0.25) is 0 Å². The molecule has 0 atom stereocenters. The molecule has 0 heterocycles. The predicted molar refractivity (Wildman–Crippen MR) is 70.4 cm³/mol. The van der Waals surface area contributed by atoms with E-state index in [4.69, 9.17) is 26.2 Å². The number of methoxy groups -OCH3 is 1. The maximum atomic E-state index is 8.77. The summed E-state index contributed by atoms with van der Waals surface area (Å²) in [6.07, 6.45) is 2.51. The Morgan fingerprint density at radius 2 is 2.22 bits per heavy atom. The number of hydrogen-bond acceptors (Lipinski definition) is 4. The Bertz CT molecular complexity index is 407. The average Bonchev–Trinajstić information content (AvgIpc) is 3.18. The Balaban J connectivity index is 2.09. The maximum Gasteiger partial charge on any atom is 0.179 e. The number of nitrogens with one attached hydrogen (secondary N) is 1. The van der Waals surface area contributed by atoms with E-state index >= 15 is 0 Å². The van der Waals surface area contributed by atoms with Crippen LogP contribution in [-0.4, -0.2) is 31.5 Å². The second-order valence-electron chi connectivity index (χ2n) is 4.34. The lowest BCUT2D eigenvalue weighted by molar-refractivity contribution is 0.196. The van der Waals surface area contributed by atoms with E-state index in [0.29, 0.717) is 22.6 Å². The number of aliphatic hydroxyl groups is 1. The largest absolute Gasteiger partial charge is 0.493 e. The Morgan fingerprint density at radius 3 is 2.83 bits per heavy atom. The van der Waals surface area contributed by atoms with Gasteiger partial charge in [0.15, 0.2) is 11.5 Å². The zero-order valence-electron chi connectivity index (χ0n) is 10.4. The Kier molecular flexibility index (Phi) is 4.69. The van der Waals surface area contributed by atoms with Crippen LogP contribution < -0.4 is 14.8 Å². The molecule has 1 aromatic rings. The molecular weight excluding hydrogens is 254 g/mol. The first-order valence-corrected chi connectivity index (χ1v) is 6.46. The first-order chi connectivity index (χ1) is 8.74. The molecular formula is C13H18ClNO3. The van der Waals surface area contributed by atoms with Crippen molar-refractivity contribution in [3.8, 4) is 11.5 Å². The van der Waals surface area contributed by atoms with Gasteiger partial charge in [-0.1, -0.05) is 11.6 Å². The second-order valence-corrected chi connectivity index (χ2v) is 4.74. The van der Waals surface area contributed by atoms with E-state index in [1.165, 1.54) is 12.8 Å². The van der Waals surface area contributed by atoms with Crippen molar-refractivity contribution in [3.05, 3.63) is 22.7 Å². The highest BCUT2D eigenvalue weighted by molar-refractivity contribution is 6.32. The van der Waals surface area contributed by atoms with Crippen LogP contribution in [0.1, 0.15) is 18.4 Å². The summed E-state index contributed by atoms with van der Waals surface area (Å²) in [4.78, 5) is 0. The van der Waals surface area contributed by atoms with E-state index in [1.54, 1.807) is 7.11 Å². The van der Waals surface area contributed by atoms with E-state index in [-0.39, 0.29) is 13.2 Å². The average molecular weight is 272 g/mol. The monoisotopic (exact) mass is 271 g/mol. The summed E-state index contributed by atoms with van der Waals surface area (Å²) in [5, 5.41) is 12.7. The maximum absolute atomic E-state index is 8.77. The number of rotatable bonds is 7. The number of aliphatic hydroxyl groups excluding tert-OH is 1. The molecule has 0 unspecified atom stereocenters. The molecule has 2 N–H and O–H groups in total. The minimum atomic E-state index is -0.0511. The summed E-state index contributed by atoms with van der Waals surface area (Å²) in [7, 11) is 1.58. The van der Waals surface area contributed by atoms with Crippen molar-refractivity contribution in [2.45, 2.75) is 25.4 Å². The van der Waals surface area contributed by atoms with Gasteiger partial charge in [0.05, 0.1) is 18.7 Å². The second kappa shape index (κ2) is 6.27. The van der Waals surface area contributed by atoms with Crippen molar-refractivity contribution in [1.29, 1.82) is 0 Å². The fourth-order valence-electron chi connectivity index (χ4n) is 1.71. The normalized spacial score (nSPS) is 14.6. The van der Waals surface area contributed by atoms with E-state index in [0.717, 1.165) is 12.1 Å². The smallest absolute Gasteiger partial charge is 0.179 e. The van der Waals surface area contributed by atoms with Gasteiger partial charge in [-0.25, -0.2) is 0 Å². The van der Waals surface area contributed by atoms with Gasteiger partial charge in [0.25, 0.3) is 0 Å². The molecule has 1 aromatic carbocycles. The van der Waals surface area contributed by atoms with Crippen LogP contribution >= 0.6 is 11.6 Å². The van der Waals surface area contributed by atoms with Crippen molar-refractivity contribution < 1.29 is 14.6 Å². The lowest BCUT2D eigenvalue weighted by Crippen LogP contribution is -2.15. The van der Waals surface area contributed by atoms with Crippen LogP contribution in [0.3, 0.4) is 0 Å². The van der Waals surface area contributed by atoms with Gasteiger partial charge in [-0.05, 0) is 30.5 Å². The lowest BCUT2D eigenvalue weighted by Gasteiger charge is -2.13. The van der Waals surface area contributed by atoms with E-state index in [9.17, 15) is 0 Å². The fraction of sp³-hybridized carbons (Fsp3) is 0.538. The lowest BCUT2D eigenvalue weighted by atomic mass is 10.2. The molecule has 0 aliphatic heterocycles. The number of benzene rings is 1. The third kappa shape index (κ3) is 3.51. The minimum absolute atomic E-state index is 0.0511. The molecule has 1 fully saturated rings. The molecule has 100 valence electrons. The SMILES string of the molecule is COc1cc(CNC2CC2)cc(Cl)c1OCCO. The van der Waals surface area contributed by atoms with Gasteiger partial charge < -0.3 is 19.9 Å². The molecule has 0 radical (unpaired) electrons. The number of hydrogen-bond donors (Lipinski definition) is 2. The summed E-state index contributed by atoms with van der Waals surface area (Å²) in [5.41, 5.74) is 1.07. The number of ether oxygens (including phenoxy) is 2. The zero-order valence-corrected chi connectivity index (χ0v) is 11.2. The molecule has 2 rings (SSSR count). The van der Waals surface area contributed by atoms with Crippen LogP contribution in [0.25, 0.3) is 0 Å². The van der Waals surface area contributed by atoms with Crippen LogP contribution in [-0.2, 0) is 6.54 Å². The van der Waals surface area contributed by atoms with Crippen LogP contribution in [0.2, 0.25) is 5.02 Å². The summed E-state index contributed by atoms with van der Waals surface area (Å²) >= 11 is 6.17. The van der Waals surface area contributed by atoms with Crippen molar-refractivity contribution in [3.63, 3.8) is 0 Å². The summed E-state index contributed by atoms with van der Waals surface area (Å²) in [6, 6.07) is 4.43. The third-order valence-electron chi connectivity index (χ3n) is 2.80. The van der Waals surface area contributed by atoms with Crippen molar-refractivity contribution >= 4 is 11.6 Å². The van der Waals surface area contributed by atoms with Crippen LogP contribution in [0.15, 0.2) is 12.1 Å². The third-order valence-corrected chi connectivity index (χ3v) is 3.08. The van der Waals surface area contributed by atoms with Gasteiger partial charge in [-0.15, -0.1) is 0 Å². The van der Waals surface area contributed by atoms with Gasteiger partial charge in [-0.3, -0.25) is 0 Å². The quantitative estimate of drug-likeness (QED) is 0.796. The van der Waals surface area contributed by atoms with Gasteiger partial charge in [-0.2, -0.15) is 0 Å². The molecule has 0 aromatic heterocycles. The minimum Gasteiger partial charge on any atom is -0.493 e. The molecule has 1 aliphatic carbocycles. The molecule has 0 bridgehead atoms. The predicted octanol–water partition coefficient (Wildman–Crippen LogP) is 1.97. The highest BCUT2D eigenvalue weighted by Gasteiger charge is 2.20. The van der Waals surface area contributed by atoms with Crippen molar-refractivity contribution in [2.75, 3.05) is 20.3 Å². The molecule has 18 heavy (non-hydrogen) atoms. The first-order valence-electron chi connectivity index (χ1n) is 6.08. The molecule has 1 aliphatic rings. The van der Waals surface area contributed by atoms with Gasteiger partial charge in [0, 0.05) is 12.6 Å². The highest BCUT2D eigenvalue weighted by atomic mass is 35.5. The summed E-state index contributed by atoms with van der Waals surface area (Å²) < 4.78 is 10.6. The highest BCUT2D eigenvalue weighted by Crippen LogP contribution is 2.36. The topological polar surface area (TPSA) is 50.7 Å². The van der Waals surface area contributed by atoms with Crippen LogP contribution in [0, 0.1) is 0 Å². The molecule has 5 heteroatoms. The molecule has 0 spiro atoms. The Morgan fingerprint density at radius 1 is 1.44 bits per heavy atom. The molecule has 0 amide bonds. The van der Waals surface area contributed by atoms with Crippen molar-refractivity contribution in [1.82, 2.24) is 5.32 Å².